The third-order valence-corrected chi connectivity index (χ3v) is 9.65. The standard InChI is InChI=1S/C29H35N3O3S/c1-3-11-29(33)12-10-23-21-7-4-17-13-19(31-32-27(30)36)6-8-20(17)26(21)22(15-28(23,29)2)18-5-9-24-25(14-18)35-16-34-24/h5,9,13-14,19,21-23,31,33H,4,6-8,10,12,15-16H2,1-2H3,(H3,30,32,36)/t19?,21-,22?,23-,28-,29-/m0/s1. The van der Waals surface area contributed by atoms with E-state index in [9.17, 15) is 5.11 Å². The summed E-state index contributed by atoms with van der Waals surface area (Å²) in [6.07, 6.45) is 9.22. The molecule has 0 saturated heterocycles. The molecule has 2 saturated carbocycles. The van der Waals surface area contributed by atoms with E-state index in [4.69, 9.17) is 27.4 Å². The molecule has 7 heteroatoms. The first-order chi connectivity index (χ1) is 17.3. The number of thiocarbonyl (C=S) groups is 1. The maximum atomic E-state index is 11.8. The van der Waals surface area contributed by atoms with Crippen molar-refractivity contribution in [2.45, 2.75) is 76.4 Å². The second-order valence-electron chi connectivity index (χ2n) is 11.2. The Kier molecular flexibility index (Phi) is 5.82. The minimum atomic E-state index is -0.943. The van der Waals surface area contributed by atoms with Crippen LogP contribution in [0.4, 0.5) is 0 Å². The molecule has 6 nitrogen and oxygen atoms in total. The van der Waals surface area contributed by atoms with Crippen molar-refractivity contribution < 1.29 is 14.6 Å². The second-order valence-corrected chi connectivity index (χ2v) is 11.7. The zero-order valence-corrected chi connectivity index (χ0v) is 21.8. The molecule has 36 heavy (non-hydrogen) atoms. The fourth-order valence-electron chi connectivity index (χ4n) is 7.92. The number of aliphatic hydroxyl groups is 1. The van der Waals surface area contributed by atoms with E-state index in [1.165, 1.54) is 16.7 Å². The van der Waals surface area contributed by atoms with Gasteiger partial charge in [-0.2, -0.15) is 0 Å². The first-order valence-corrected chi connectivity index (χ1v) is 13.5. The van der Waals surface area contributed by atoms with Gasteiger partial charge >= 0.3 is 0 Å². The number of hydrogen-bond acceptors (Lipinski definition) is 5. The Hall–Kier alpha value is -2.53. The predicted octanol–water partition coefficient (Wildman–Crippen LogP) is 4.21. The van der Waals surface area contributed by atoms with Gasteiger partial charge in [0.25, 0.3) is 0 Å². The quantitative estimate of drug-likeness (QED) is 0.278. The normalized spacial score (nSPS) is 36.1. The molecular weight excluding hydrogens is 470 g/mol. The summed E-state index contributed by atoms with van der Waals surface area (Å²) in [5, 5.41) is 12.1. The predicted molar refractivity (Wildman–Crippen MR) is 143 cm³/mol. The van der Waals surface area contributed by atoms with Crippen LogP contribution in [0.15, 0.2) is 41.0 Å². The number of rotatable bonds is 3. The molecule has 1 aromatic carbocycles. The van der Waals surface area contributed by atoms with E-state index >= 15 is 0 Å². The molecule has 4 aliphatic carbocycles. The Morgan fingerprint density at radius 2 is 2.03 bits per heavy atom. The number of hydrogen-bond donors (Lipinski definition) is 4. The molecule has 1 aromatic rings. The molecule has 0 bridgehead atoms. The Morgan fingerprint density at radius 1 is 1.19 bits per heavy atom. The third-order valence-electron chi connectivity index (χ3n) is 9.55. The molecule has 0 radical (unpaired) electrons. The highest BCUT2D eigenvalue weighted by atomic mass is 32.1. The number of ether oxygens (including phenoxy) is 2. The van der Waals surface area contributed by atoms with Gasteiger partial charge in [0, 0.05) is 17.4 Å². The highest BCUT2D eigenvalue weighted by molar-refractivity contribution is 7.80. The van der Waals surface area contributed by atoms with Crippen LogP contribution in [-0.4, -0.2) is 28.7 Å². The Bertz CT molecular complexity index is 1230. The average molecular weight is 506 g/mol. The fourth-order valence-corrected chi connectivity index (χ4v) is 7.98. The van der Waals surface area contributed by atoms with Gasteiger partial charge in [0.15, 0.2) is 16.6 Å². The van der Waals surface area contributed by atoms with E-state index in [1.807, 2.05) is 13.0 Å². The summed E-state index contributed by atoms with van der Waals surface area (Å²) in [5.74, 6) is 9.04. The maximum Gasteiger partial charge on any atom is 0.231 e. The molecule has 0 spiro atoms. The smallest absolute Gasteiger partial charge is 0.231 e. The Morgan fingerprint density at radius 3 is 2.83 bits per heavy atom. The van der Waals surface area contributed by atoms with Crippen LogP contribution in [0, 0.1) is 29.1 Å². The first kappa shape index (κ1) is 23.8. The molecule has 190 valence electrons. The second kappa shape index (κ2) is 8.79. The van der Waals surface area contributed by atoms with Crippen molar-refractivity contribution in [3.8, 4) is 23.3 Å². The van der Waals surface area contributed by atoms with Crippen molar-refractivity contribution in [1.82, 2.24) is 10.9 Å². The van der Waals surface area contributed by atoms with Gasteiger partial charge in [-0.25, -0.2) is 5.43 Å². The van der Waals surface area contributed by atoms with Gasteiger partial charge in [0.05, 0.1) is 0 Å². The first-order valence-electron chi connectivity index (χ1n) is 13.1. The zero-order valence-electron chi connectivity index (χ0n) is 21.0. The van der Waals surface area contributed by atoms with Gasteiger partial charge in [0.1, 0.15) is 5.60 Å². The molecular formula is C29H35N3O3S. The van der Waals surface area contributed by atoms with E-state index in [-0.39, 0.29) is 29.3 Å². The van der Waals surface area contributed by atoms with Crippen LogP contribution >= 0.6 is 12.2 Å². The van der Waals surface area contributed by atoms with Crippen LogP contribution in [-0.2, 0) is 0 Å². The summed E-state index contributed by atoms with van der Waals surface area (Å²) in [6.45, 7) is 4.41. The number of benzene rings is 1. The van der Waals surface area contributed by atoms with Crippen molar-refractivity contribution in [3.05, 3.63) is 46.6 Å². The highest BCUT2D eigenvalue weighted by Gasteiger charge is 2.62. The number of fused-ring (bicyclic) bond motifs is 5. The monoisotopic (exact) mass is 505 g/mol. The average Bonchev–Trinajstić information content (AvgIpc) is 3.43. The fraction of sp³-hybridized carbons (Fsp3) is 0.552. The van der Waals surface area contributed by atoms with Crippen molar-refractivity contribution >= 4 is 17.3 Å². The minimum absolute atomic E-state index is 0.205. The molecule has 5 aliphatic rings. The molecule has 5 N–H and O–H groups in total. The van der Waals surface area contributed by atoms with Crippen molar-refractivity contribution in [3.63, 3.8) is 0 Å². The molecule has 1 heterocycles. The minimum Gasteiger partial charge on any atom is -0.454 e. The molecule has 6 rings (SSSR count). The van der Waals surface area contributed by atoms with Crippen LogP contribution in [0.5, 0.6) is 11.5 Å². The van der Waals surface area contributed by atoms with Gasteiger partial charge < -0.3 is 20.3 Å². The summed E-state index contributed by atoms with van der Waals surface area (Å²) in [5.41, 5.74) is 16.4. The van der Waals surface area contributed by atoms with Crippen LogP contribution in [0.2, 0.25) is 0 Å². The number of hydrazine groups is 1. The molecule has 0 amide bonds. The Labute approximate surface area is 218 Å². The molecule has 1 aliphatic heterocycles. The maximum absolute atomic E-state index is 11.8. The van der Waals surface area contributed by atoms with E-state index in [2.05, 4.69) is 47.8 Å². The summed E-state index contributed by atoms with van der Waals surface area (Å²) < 4.78 is 11.4. The van der Waals surface area contributed by atoms with Gasteiger partial charge in [-0.1, -0.05) is 30.6 Å². The van der Waals surface area contributed by atoms with Crippen LogP contribution < -0.4 is 26.1 Å². The number of nitrogens with two attached hydrogens (primary N) is 1. The van der Waals surface area contributed by atoms with E-state index in [0.29, 0.717) is 11.8 Å². The lowest BCUT2D eigenvalue weighted by atomic mass is 9.51. The molecule has 0 aromatic heterocycles. The van der Waals surface area contributed by atoms with E-state index < -0.39 is 5.60 Å². The molecule has 2 unspecified atom stereocenters. The van der Waals surface area contributed by atoms with Crippen LogP contribution in [0.3, 0.4) is 0 Å². The van der Waals surface area contributed by atoms with E-state index in [0.717, 1.165) is 56.4 Å². The highest BCUT2D eigenvalue weighted by Crippen LogP contribution is 2.66. The van der Waals surface area contributed by atoms with Gasteiger partial charge in [-0.15, -0.1) is 5.92 Å². The number of allylic oxidation sites excluding steroid dienone is 3. The van der Waals surface area contributed by atoms with Gasteiger partial charge in [0.2, 0.25) is 6.79 Å². The van der Waals surface area contributed by atoms with Gasteiger partial charge in [-0.3, -0.25) is 5.43 Å². The number of nitrogens with one attached hydrogen (secondary N) is 2. The van der Waals surface area contributed by atoms with Crippen LogP contribution in [0.1, 0.15) is 70.3 Å². The van der Waals surface area contributed by atoms with E-state index in [1.54, 1.807) is 5.57 Å². The summed E-state index contributed by atoms with van der Waals surface area (Å²) >= 11 is 4.97. The van der Waals surface area contributed by atoms with Crippen LogP contribution in [0.25, 0.3) is 0 Å². The van der Waals surface area contributed by atoms with Gasteiger partial charge in [-0.05, 0) is 105 Å². The SMILES string of the molecule is CC#C[C@]1(O)CC[C@H]2[C@@H]3CCC4=CC(NNC(N)=S)CCC4=C3C(c3ccc4c(c3)OCO4)C[C@@]21C. The third kappa shape index (κ3) is 3.65. The van der Waals surface area contributed by atoms with Crippen molar-refractivity contribution in [2.24, 2.45) is 23.0 Å². The largest absolute Gasteiger partial charge is 0.454 e. The molecule has 6 atom stereocenters. The zero-order chi connectivity index (χ0) is 25.1. The summed E-state index contributed by atoms with van der Waals surface area (Å²) in [7, 11) is 0. The summed E-state index contributed by atoms with van der Waals surface area (Å²) in [6, 6.07) is 6.61. The lowest BCUT2D eigenvalue weighted by Crippen LogP contribution is -2.51. The molecule has 2 fully saturated rings. The Balaban J connectivity index is 1.45. The lowest BCUT2D eigenvalue weighted by Gasteiger charge is -2.54. The van der Waals surface area contributed by atoms with Crippen molar-refractivity contribution in [1.29, 1.82) is 0 Å². The van der Waals surface area contributed by atoms with Crippen molar-refractivity contribution in [2.75, 3.05) is 6.79 Å². The topological polar surface area (TPSA) is 88.8 Å². The summed E-state index contributed by atoms with van der Waals surface area (Å²) in [4.78, 5) is 0. The lowest BCUT2D eigenvalue weighted by molar-refractivity contribution is -0.0513.